The van der Waals surface area contributed by atoms with Crippen LogP contribution in [0.2, 0.25) is 0 Å². The maximum Gasteiger partial charge on any atom is 0.304 e. The lowest BCUT2D eigenvalue weighted by Gasteiger charge is -2.32. The Labute approximate surface area is 154 Å². The summed E-state index contributed by atoms with van der Waals surface area (Å²) in [5.41, 5.74) is 3.33. The van der Waals surface area contributed by atoms with E-state index >= 15 is 0 Å². The molecule has 3 aromatic rings. The van der Waals surface area contributed by atoms with Crippen LogP contribution in [0.5, 0.6) is 0 Å². The first-order chi connectivity index (χ1) is 12.6. The SMILES string of the molecule is O=C(O)C[C@H]1Sc2nc3c(n2[C@]1(O)c1ccccc1)-c1ccccc1C3. The number of nitrogens with zero attached hydrogens (tertiary/aromatic N) is 2. The van der Waals surface area contributed by atoms with Crippen molar-refractivity contribution in [1.82, 2.24) is 9.55 Å². The van der Waals surface area contributed by atoms with Crippen molar-refractivity contribution in [3.05, 3.63) is 71.4 Å². The summed E-state index contributed by atoms with van der Waals surface area (Å²) in [6.07, 6.45) is 0.594. The van der Waals surface area contributed by atoms with Gasteiger partial charge in [-0.05, 0) is 5.56 Å². The third-order valence-corrected chi connectivity index (χ3v) is 6.41. The van der Waals surface area contributed by atoms with Gasteiger partial charge in [-0.15, -0.1) is 0 Å². The van der Waals surface area contributed by atoms with Crippen LogP contribution in [0.3, 0.4) is 0 Å². The highest BCUT2D eigenvalue weighted by Crippen LogP contribution is 2.53. The van der Waals surface area contributed by atoms with E-state index in [2.05, 4.69) is 6.07 Å². The molecule has 0 spiro atoms. The van der Waals surface area contributed by atoms with Gasteiger partial charge in [-0.1, -0.05) is 66.4 Å². The summed E-state index contributed by atoms with van der Waals surface area (Å²) >= 11 is 1.35. The van der Waals surface area contributed by atoms with Gasteiger partial charge in [-0.25, -0.2) is 4.98 Å². The number of hydrogen-bond acceptors (Lipinski definition) is 4. The molecule has 2 heterocycles. The van der Waals surface area contributed by atoms with Gasteiger partial charge in [0.15, 0.2) is 10.9 Å². The first kappa shape index (κ1) is 15.7. The molecule has 1 aliphatic heterocycles. The zero-order valence-electron chi connectivity index (χ0n) is 13.8. The second-order valence-corrected chi connectivity index (χ2v) is 7.83. The number of rotatable bonds is 3. The highest BCUT2D eigenvalue weighted by Gasteiger charge is 2.52. The van der Waals surface area contributed by atoms with Crippen LogP contribution in [0, 0.1) is 0 Å². The summed E-state index contributed by atoms with van der Waals surface area (Å²) in [5.74, 6) is -0.931. The number of imidazole rings is 1. The van der Waals surface area contributed by atoms with Crippen molar-refractivity contribution in [3.63, 3.8) is 0 Å². The van der Waals surface area contributed by atoms with E-state index in [1.807, 2.05) is 53.1 Å². The molecule has 5 nitrogen and oxygen atoms in total. The van der Waals surface area contributed by atoms with Gasteiger partial charge in [-0.2, -0.15) is 0 Å². The van der Waals surface area contributed by atoms with Crippen LogP contribution in [-0.4, -0.2) is 31.0 Å². The Morgan fingerprint density at radius 3 is 2.69 bits per heavy atom. The second kappa shape index (κ2) is 5.46. The number of carboxylic acid groups (broad SMARTS) is 1. The van der Waals surface area contributed by atoms with Crippen molar-refractivity contribution < 1.29 is 15.0 Å². The van der Waals surface area contributed by atoms with Crippen LogP contribution in [0.25, 0.3) is 11.3 Å². The van der Waals surface area contributed by atoms with Gasteiger partial charge in [0, 0.05) is 17.5 Å². The van der Waals surface area contributed by atoms with Crippen LogP contribution in [0.15, 0.2) is 59.8 Å². The van der Waals surface area contributed by atoms with Gasteiger partial charge in [0.1, 0.15) is 0 Å². The molecule has 2 aliphatic rings. The van der Waals surface area contributed by atoms with Gasteiger partial charge < -0.3 is 10.2 Å². The minimum atomic E-state index is -1.45. The fourth-order valence-corrected chi connectivity index (χ4v) is 5.40. The number of aromatic nitrogens is 2. The van der Waals surface area contributed by atoms with E-state index in [0.29, 0.717) is 10.7 Å². The maximum atomic E-state index is 11.8. The van der Waals surface area contributed by atoms with E-state index in [0.717, 1.165) is 23.4 Å². The summed E-state index contributed by atoms with van der Waals surface area (Å²) in [7, 11) is 0. The Morgan fingerprint density at radius 1 is 1.19 bits per heavy atom. The van der Waals surface area contributed by atoms with E-state index in [4.69, 9.17) is 4.98 Å². The molecular weight excluding hydrogens is 348 g/mol. The maximum absolute atomic E-state index is 11.8. The number of aliphatic carboxylic acids is 1. The highest BCUT2D eigenvalue weighted by atomic mass is 32.2. The number of fused-ring (bicyclic) bond motifs is 5. The zero-order valence-corrected chi connectivity index (χ0v) is 14.6. The van der Waals surface area contributed by atoms with Gasteiger partial charge in [0.25, 0.3) is 0 Å². The number of hydrogen-bond donors (Lipinski definition) is 2. The molecule has 130 valence electrons. The first-order valence-electron chi connectivity index (χ1n) is 8.45. The lowest BCUT2D eigenvalue weighted by atomic mass is 9.96. The van der Waals surface area contributed by atoms with E-state index in [-0.39, 0.29) is 6.42 Å². The van der Waals surface area contributed by atoms with Crippen LogP contribution < -0.4 is 0 Å². The molecule has 0 saturated carbocycles. The van der Waals surface area contributed by atoms with Gasteiger partial charge >= 0.3 is 5.97 Å². The number of aliphatic hydroxyl groups is 1. The van der Waals surface area contributed by atoms with Crippen molar-refractivity contribution in [1.29, 1.82) is 0 Å². The zero-order chi connectivity index (χ0) is 17.9. The molecule has 0 fully saturated rings. The van der Waals surface area contributed by atoms with Gasteiger partial charge in [0.2, 0.25) is 0 Å². The molecule has 0 radical (unpaired) electrons. The van der Waals surface area contributed by atoms with Crippen molar-refractivity contribution in [2.45, 2.75) is 29.0 Å². The van der Waals surface area contributed by atoms with E-state index in [1.165, 1.54) is 17.3 Å². The fourth-order valence-electron chi connectivity index (χ4n) is 4.02. The predicted octanol–water partition coefficient (Wildman–Crippen LogP) is 3.10. The topological polar surface area (TPSA) is 75.3 Å². The minimum Gasteiger partial charge on any atom is -0.481 e. The summed E-state index contributed by atoms with van der Waals surface area (Å²) in [6.45, 7) is 0. The number of benzene rings is 2. The van der Waals surface area contributed by atoms with Crippen molar-refractivity contribution in [2.75, 3.05) is 0 Å². The van der Waals surface area contributed by atoms with Crippen LogP contribution in [0.4, 0.5) is 0 Å². The molecule has 1 aromatic heterocycles. The van der Waals surface area contributed by atoms with Gasteiger partial charge in [0.05, 0.1) is 23.1 Å². The first-order valence-corrected chi connectivity index (χ1v) is 9.33. The Balaban J connectivity index is 1.75. The molecule has 0 saturated heterocycles. The number of thioether (sulfide) groups is 1. The summed E-state index contributed by atoms with van der Waals surface area (Å²) < 4.78 is 1.85. The molecule has 1 aliphatic carbocycles. The molecule has 2 atom stereocenters. The molecule has 2 aromatic carbocycles. The van der Waals surface area contributed by atoms with Crippen LogP contribution in [0.1, 0.15) is 23.2 Å². The molecule has 0 amide bonds. The van der Waals surface area contributed by atoms with E-state index < -0.39 is 16.9 Å². The smallest absolute Gasteiger partial charge is 0.304 e. The third kappa shape index (κ3) is 2.03. The van der Waals surface area contributed by atoms with Crippen LogP contribution in [-0.2, 0) is 16.9 Å². The Kier molecular flexibility index (Phi) is 3.29. The summed E-state index contributed by atoms with van der Waals surface area (Å²) in [5, 5.41) is 21.4. The Bertz CT molecular complexity index is 1030. The second-order valence-electron chi connectivity index (χ2n) is 6.66. The number of carbonyl (C=O) groups is 1. The standard InChI is InChI=1S/C20H16N2O3S/c23-17(24)11-16-20(25,13-7-2-1-3-8-13)22-18-14-9-5-4-6-12(14)10-15(18)21-19(22)26-16/h1-9,16,25H,10-11H2,(H,23,24)/t16-,20+/m1/s1. The van der Waals surface area contributed by atoms with Crippen molar-refractivity contribution in [2.24, 2.45) is 0 Å². The number of carboxylic acids is 1. The summed E-state index contributed by atoms with van der Waals surface area (Å²) in [6, 6.07) is 17.4. The molecule has 0 unspecified atom stereocenters. The largest absolute Gasteiger partial charge is 0.481 e. The molecule has 0 bridgehead atoms. The van der Waals surface area contributed by atoms with E-state index in [9.17, 15) is 15.0 Å². The van der Waals surface area contributed by atoms with E-state index in [1.54, 1.807) is 0 Å². The molecule has 26 heavy (non-hydrogen) atoms. The van der Waals surface area contributed by atoms with Crippen LogP contribution >= 0.6 is 11.8 Å². The van der Waals surface area contributed by atoms with Gasteiger partial charge in [-0.3, -0.25) is 9.36 Å². The lowest BCUT2D eigenvalue weighted by molar-refractivity contribution is -0.138. The quantitative estimate of drug-likeness (QED) is 0.584. The Hall–Kier alpha value is -2.57. The average molecular weight is 364 g/mol. The monoisotopic (exact) mass is 364 g/mol. The lowest BCUT2D eigenvalue weighted by Crippen LogP contribution is -2.42. The molecule has 6 heteroatoms. The predicted molar refractivity (Wildman–Crippen MR) is 98.1 cm³/mol. The normalized spacial score (nSPS) is 22.7. The minimum absolute atomic E-state index is 0.143. The molecule has 5 rings (SSSR count). The highest BCUT2D eigenvalue weighted by molar-refractivity contribution is 8.00. The summed E-state index contributed by atoms with van der Waals surface area (Å²) in [4.78, 5) is 16.2. The average Bonchev–Trinajstić information content (AvgIpc) is 3.23. The third-order valence-electron chi connectivity index (χ3n) is 5.15. The van der Waals surface area contributed by atoms with Crippen molar-refractivity contribution >= 4 is 17.7 Å². The fraction of sp³-hybridized carbons (Fsp3) is 0.200. The van der Waals surface area contributed by atoms with Crippen molar-refractivity contribution in [3.8, 4) is 11.3 Å². The Morgan fingerprint density at radius 2 is 1.92 bits per heavy atom. The molecule has 2 N–H and O–H groups in total. The molecular formula is C20H16N2O3S.